The summed E-state index contributed by atoms with van der Waals surface area (Å²) in [6.45, 7) is 2.03. The van der Waals surface area contributed by atoms with Gasteiger partial charge in [0.25, 0.3) is 0 Å². The van der Waals surface area contributed by atoms with E-state index in [4.69, 9.17) is 18.0 Å². The minimum absolute atomic E-state index is 0.400. The van der Waals surface area contributed by atoms with Gasteiger partial charge in [0.1, 0.15) is 11.3 Å². The largest absolute Gasteiger partial charge is 0.389 e. The van der Waals surface area contributed by atoms with Gasteiger partial charge in [0, 0.05) is 5.56 Å². The minimum atomic E-state index is 0.400. The number of thiocarbonyl (C=S) groups is 1. The predicted molar refractivity (Wildman–Crippen MR) is 81.7 cm³/mol. The lowest BCUT2D eigenvalue weighted by Crippen LogP contribution is -2.13. The highest BCUT2D eigenvalue weighted by molar-refractivity contribution is 7.80. The second-order valence-electron chi connectivity index (χ2n) is 4.49. The van der Waals surface area contributed by atoms with Crippen LogP contribution >= 0.6 is 12.2 Å². The first-order chi connectivity index (χ1) is 9.16. The molecule has 4 heteroatoms. The summed E-state index contributed by atoms with van der Waals surface area (Å²) >= 11 is 5.15. The zero-order valence-corrected chi connectivity index (χ0v) is 11.3. The van der Waals surface area contributed by atoms with Gasteiger partial charge < -0.3 is 5.73 Å². The first kappa shape index (κ1) is 11.9. The molecule has 0 aliphatic carbocycles. The van der Waals surface area contributed by atoms with Crippen molar-refractivity contribution >= 4 is 28.2 Å². The maximum absolute atomic E-state index is 5.83. The zero-order valence-electron chi connectivity index (χ0n) is 10.5. The predicted octanol–water partition coefficient (Wildman–Crippen LogP) is 2.97. The topological polar surface area (TPSA) is 43.8 Å². The highest BCUT2D eigenvalue weighted by Gasteiger charge is 2.10. The van der Waals surface area contributed by atoms with E-state index in [-0.39, 0.29) is 0 Å². The molecule has 0 bridgehead atoms. The van der Waals surface area contributed by atoms with Crippen molar-refractivity contribution in [2.45, 2.75) is 6.92 Å². The average molecular weight is 267 g/mol. The number of rotatable bonds is 2. The molecule has 94 valence electrons. The first-order valence-corrected chi connectivity index (χ1v) is 6.40. The highest BCUT2D eigenvalue weighted by Crippen LogP contribution is 2.22. The smallest absolute Gasteiger partial charge is 0.106 e. The van der Waals surface area contributed by atoms with E-state index in [1.807, 2.05) is 54.0 Å². The molecule has 3 aromatic rings. The number of aryl methyl sites for hydroxylation is 1. The van der Waals surface area contributed by atoms with E-state index in [0.717, 1.165) is 27.8 Å². The fourth-order valence-corrected chi connectivity index (χ4v) is 2.37. The summed E-state index contributed by atoms with van der Waals surface area (Å²) < 4.78 is 2.02. The third kappa shape index (κ3) is 2.00. The lowest BCUT2D eigenvalue weighted by molar-refractivity contribution is 1.08. The SMILES string of the molecule is Cc1ccc(-n2cnc3ccccc32)c(C(N)=S)c1. The van der Waals surface area contributed by atoms with Gasteiger partial charge in [-0.25, -0.2) is 4.98 Å². The van der Waals surface area contributed by atoms with E-state index in [0.29, 0.717) is 4.99 Å². The third-order valence-corrected chi connectivity index (χ3v) is 3.35. The van der Waals surface area contributed by atoms with Crippen LogP contribution in [0, 0.1) is 6.92 Å². The van der Waals surface area contributed by atoms with Crippen LogP contribution in [0.4, 0.5) is 0 Å². The molecule has 0 spiro atoms. The molecule has 3 nitrogen and oxygen atoms in total. The number of nitrogens with zero attached hydrogens (tertiary/aromatic N) is 2. The van der Waals surface area contributed by atoms with Gasteiger partial charge in [-0.3, -0.25) is 4.57 Å². The molecule has 3 rings (SSSR count). The van der Waals surface area contributed by atoms with Crippen LogP contribution in [0.5, 0.6) is 0 Å². The van der Waals surface area contributed by atoms with E-state index >= 15 is 0 Å². The molecule has 0 aliphatic rings. The first-order valence-electron chi connectivity index (χ1n) is 6.00. The number of benzene rings is 2. The van der Waals surface area contributed by atoms with Crippen LogP contribution in [0.2, 0.25) is 0 Å². The summed E-state index contributed by atoms with van der Waals surface area (Å²) in [5.74, 6) is 0. The summed E-state index contributed by atoms with van der Waals surface area (Å²) in [6, 6.07) is 14.1. The van der Waals surface area contributed by atoms with Crippen molar-refractivity contribution in [1.82, 2.24) is 9.55 Å². The fourth-order valence-electron chi connectivity index (χ4n) is 2.21. The number of nitrogens with two attached hydrogens (primary N) is 1. The molecule has 0 atom stereocenters. The van der Waals surface area contributed by atoms with E-state index < -0.39 is 0 Å². The maximum atomic E-state index is 5.83. The van der Waals surface area contributed by atoms with Crippen molar-refractivity contribution in [2.75, 3.05) is 0 Å². The van der Waals surface area contributed by atoms with Crippen LogP contribution in [-0.2, 0) is 0 Å². The van der Waals surface area contributed by atoms with E-state index in [1.165, 1.54) is 0 Å². The zero-order chi connectivity index (χ0) is 13.4. The summed E-state index contributed by atoms with van der Waals surface area (Å²) in [4.78, 5) is 4.80. The number of aromatic nitrogens is 2. The molecule has 0 saturated carbocycles. The number of fused-ring (bicyclic) bond motifs is 1. The van der Waals surface area contributed by atoms with Gasteiger partial charge in [0.05, 0.1) is 16.7 Å². The monoisotopic (exact) mass is 267 g/mol. The van der Waals surface area contributed by atoms with Crippen LogP contribution in [0.25, 0.3) is 16.7 Å². The Morgan fingerprint density at radius 3 is 2.79 bits per heavy atom. The van der Waals surface area contributed by atoms with Gasteiger partial charge in [-0.05, 0) is 31.2 Å². The quantitative estimate of drug-likeness (QED) is 0.726. The van der Waals surface area contributed by atoms with Gasteiger partial charge in [-0.1, -0.05) is 36.0 Å². The molecule has 2 N–H and O–H groups in total. The van der Waals surface area contributed by atoms with Crippen molar-refractivity contribution in [3.8, 4) is 5.69 Å². The molecular weight excluding hydrogens is 254 g/mol. The Hall–Kier alpha value is -2.20. The Bertz CT molecular complexity index is 774. The number of imidazole rings is 1. The Balaban J connectivity index is 2.30. The van der Waals surface area contributed by atoms with E-state index in [2.05, 4.69) is 4.98 Å². The fraction of sp³-hybridized carbons (Fsp3) is 0.0667. The van der Waals surface area contributed by atoms with Crippen LogP contribution < -0.4 is 5.73 Å². The van der Waals surface area contributed by atoms with E-state index in [1.54, 1.807) is 6.33 Å². The summed E-state index contributed by atoms with van der Waals surface area (Å²) in [7, 11) is 0. The lowest BCUT2D eigenvalue weighted by atomic mass is 10.1. The second kappa shape index (κ2) is 4.48. The van der Waals surface area contributed by atoms with Gasteiger partial charge in [0.2, 0.25) is 0 Å². The van der Waals surface area contributed by atoms with Gasteiger partial charge in [-0.15, -0.1) is 0 Å². The van der Waals surface area contributed by atoms with Crippen molar-refractivity contribution < 1.29 is 0 Å². The van der Waals surface area contributed by atoms with Crippen LogP contribution in [-0.4, -0.2) is 14.5 Å². The Labute approximate surface area is 116 Å². The lowest BCUT2D eigenvalue weighted by Gasteiger charge is -2.11. The Morgan fingerprint density at radius 1 is 1.21 bits per heavy atom. The highest BCUT2D eigenvalue weighted by atomic mass is 32.1. The number of para-hydroxylation sites is 2. The minimum Gasteiger partial charge on any atom is -0.389 e. The van der Waals surface area contributed by atoms with Crippen molar-refractivity contribution in [1.29, 1.82) is 0 Å². The standard InChI is InChI=1S/C15H13N3S/c1-10-6-7-13(11(8-10)15(16)19)18-9-17-12-4-2-3-5-14(12)18/h2-9H,1H3,(H2,16,19). The molecule has 0 amide bonds. The molecule has 1 aromatic heterocycles. The van der Waals surface area contributed by atoms with Gasteiger partial charge in [0.15, 0.2) is 0 Å². The number of hydrogen-bond donors (Lipinski definition) is 1. The van der Waals surface area contributed by atoms with Crippen molar-refractivity contribution in [3.05, 3.63) is 59.9 Å². The molecule has 0 aliphatic heterocycles. The Morgan fingerprint density at radius 2 is 2.00 bits per heavy atom. The summed E-state index contributed by atoms with van der Waals surface area (Å²) in [5, 5.41) is 0. The summed E-state index contributed by atoms with van der Waals surface area (Å²) in [5.41, 5.74) is 10.8. The van der Waals surface area contributed by atoms with Crippen LogP contribution in [0.15, 0.2) is 48.8 Å². The number of hydrogen-bond acceptors (Lipinski definition) is 2. The molecule has 1 heterocycles. The molecule has 0 fully saturated rings. The molecule has 0 unspecified atom stereocenters. The van der Waals surface area contributed by atoms with Crippen LogP contribution in [0.3, 0.4) is 0 Å². The van der Waals surface area contributed by atoms with Crippen molar-refractivity contribution in [2.24, 2.45) is 5.73 Å². The van der Waals surface area contributed by atoms with Gasteiger partial charge in [-0.2, -0.15) is 0 Å². The molecular formula is C15H13N3S. The Kier molecular flexibility index (Phi) is 2.80. The van der Waals surface area contributed by atoms with E-state index in [9.17, 15) is 0 Å². The molecule has 19 heavy (non-hydrogen) atoms. The maximum Gasteiger partial charge on any atom is 0.106 e. The molecule has 0 saturated heterocycles. The third-order valence-electron chi connectivity index (χ3n) is 3.13. The molecule has 2 aromatic carbocycles. The van der Waals surface area contributed by atoms with Crippen LogP contribution in [0.1, 0.15) is 11.1 Å². The second-order valence-corrected chi connectivity index (χ2v) is 4.93. The normalized spacial score (nSPS) is 10.8. The average Bonchev–Trinajstić information content (AvgIpc) is 2.82. The van der Waals surface area contributed by atoms with Gasteiger partial charge >= 0.3 is 0 Å². The van der Waals surface area contributed by atoms with Crippen molar-refractivity contribution in [3.63, 3.8) is 0 Å². The molecule has 0 radical (unpaired) electrons. The summed E-state index contributed by atoms with van der Waals surface area (Å²) in [6.07, 6.45) is 1.80.